The van der Waals surface area contributed by atoms with Crippen LogP contribution in [0.1, 0.15) is 15.9 Å². The van der Waals surface area contributed by atoms with Crippen molar-refractivity contribution in [1.82, 2.24) is 0 Å². The zero-order chi connectivity index (χ0) is 15.2. The van der Waals surface area contributed by atoms with E-state index in [0.717, 1.165) is 6.07 Å². The van der Waals surface area contributed by atoms with Crippen molar-refractivity contribution in [2.75, 3.05) is 0 Å². The molecule has 1 aromatic rings. The second-order valence-electron chi connectivity index (χ2n) is 3.06. The highest BCUT2D eigenvalue weighted by Crippen LogP contribution is 2.19. The van der Waals surface area contributed by atoms with E-state index in [1.807, 2.05) is 0 Å². The molecule has 0 saturated heterocycles. The topological polar surface area (TPSA) is 181 Å². The minimum absolute atomic E-state index is 0.0101. The molecule has 0 unspecified atom stereocenters. The third-order valence-electron chi connectivity index (χ3n) is 1.75. The van der Waals surface area contributed by atoms with Crippen molar-refractivity contribution in [2.24, 2.45) is 5.73 Å². The highest BCUT2D eigenvalue weighted by Gasteiger charge is 2.15. The van der Waals surface area contributed by atoms with E-state index < -0.39 is 21.3 Å². The molecule has 0 amide bonds. The summed E-state index contributed by atoms with van der Waals surface area (Å²) >= 11 is 0. The summed E-state index contributed by atoms with van der Waals surface area (Å²) in [5, 5.41) is 19.1. The first-order valence-corrected chi connectivity index (χ1v) is 5.86. The van der Waals surface area contributed by atoms with Crippen molar-refractivity contribution in [3.05, 3.63) is 39.4 Å². The van der Waals surface area contributed by atoms with Crippen LogP contribution in [-0.2, 0) is 16.9 Å². The Balaban J connectivity index is 0.000000555. The van der Waals surface area contributed by atoms with Crippen LogP contribution in [0, 0.1) is 10.1 Å². The van der Waals surface area contributed by atoms with Gasteiger partial charge in [0.05, 0.1) is 10.5 Å². The van der Waals surface area contributed by atoms with Gasteiger partial charge in [-0.1, -0.05) is 6.07 Å². The number of nitro groups is 1. The van der Waals surface area contributed by atoms with Crippen molar-refractivity contribution in [3.8, 4) is 0 Å². The first-order valence-electron chi connectivity index (χ1n) is 4.46. The monoisotopic (exact) mass is 294 g/mol. The van der Waals surface area contributed by atoms with Crippen LogP contribution in [-0.4, -0.2) is 33.5 Å². The summed E-state index contributed by atoms with van der Waals surface area (Å²) < 4.78 is 31.6. The van der Waals surface area contributed by atoms with Gasteiger partial charge >= 0.3 is 16.4 Å². The third-order valence-corrected chi connectivity index (χ3v) is 1.75. The van der Waals surface area contributed by atoms with Crippen molar-refractivity contribution in [3.63, 3.8) is 0 Å². The van der Waals surface area contributed by atoms with Crippen LogP contribution >= 0.6 is 0 Å². The Bertz CT molecular complexity index is 574. The average Bonchev–Trinajstić information content (AvgIpc) is 2.25. The van der Waals surface area contributed by atoms with Gasteiger partial charge in [-0.2, -0.15) is 8.42 Å². The largest absolute Gasteiger partial charge is 0.478 e. The van der Waals surface area contributed by atoms with Gasteiger partial charge in [-0.15, -0.1) is 0 Å². The maximum absolute atomic E-state index is 10.5. The Morgan fingerprint density at radius 3 is 2.16 bits per heavy atom. The summed E-state index contributed by atoms with van der Waals surface area (Å²) in [6, 6.07) is 3.64. The molecule has 0 bridgehead atoms. The fraction of sp³-hybridized carbons (Fsp3) is 0.125. The first kappa shape index (κ1) is 16.9. The molecule has 0 atom stereocenters. The van der Waals surface area contributed by atoms with Gasteiger partial charge in [0, 0.05) is 18.2 Å². The third kappa shape index (κ3) is 7.05. The molecule has 0 aliphatic carbocycles. The molecule has 0 radical (unpaired) electrons. The molecule has 0 saturated carbocycles. The molecule has 0 aliphatic rings. The van der Waals surface area contributed by atoms with E-state index in [-0.39, 0.29) is 17.8 Å². The van der Waals surface area contributed by atoms with E-state index in [0.29, 0.717) is 5.56 Å². The Morgan fingerprint density at radius 2 is 1.84 bits per heavy atom. The van der Waals surface area contributed by atoms with Crippen LogP contribution in [0.3, 0.4) is 0 Å². The second-order valence-corrected chi connectivity index (χ2v) is 3.95. The number of carboxylic acids is 1. The molecule has 1 rings (SSSR count). The normalized spacial score (nSPS) is 10.3. The van der Waals surface area contributed by atoms with Gasteiger partial charge in [0.2, 0.25) is 0 Å². The number of rotatable bonds is 3. The molecule has 0 aliphatic heterocycles. The number of nitro benzene ring substituents is 1. The number of benzene rings is 1. The molecule has 0 spiro atoms. The molecule has 106 valence electrons. The summed E-state index contributed by atoms with van der Waals surface area (Å²) in [5.74, 6) is -1.20. The van der Waals surface area contributed by atoms with E-state index in [9.17, 15) is 14.9 Å². The number of nitrogens with zero attached hydrogens (tertiary/aromatic N) is 1. The number of aromatic carboxylic acids is 1. The Hall–Kier alpha value is -2.08. The lowest BCUT2D eigenvalue weighted by Gasteiger charge is -2.00. The summed E-state index contributed by atoms with van der Waals surface area (Å²) in [6.45, 7) is 0.0101. The number of hydrogen-bond acceptors (Lipinski definition) is 6. The van der Waals surface area contributed by atoms with Gasteiger partial charge in [-0.05, 0) is 6.07 Å². The van der Waals surface area contributed by atoms with E-state index >= 15 is 0 Å². The Kier molecular flexibility index (Phi) is 6.01. The highest BCUT2D eigenvalue weighted by atomic mass is 32.3. The standard InChI is InChI=1S/C8H8N2O4.H2O4S/c9-4-6-2-1-5(8(11)12)3-7(6)10(13)14;1-5(2,3)4/h1-3H,4,9H2,(H,11,12);(H2,1,2,3,4). The van der Waals surface area contributed by atoms with Gasteiger partial charge in [0.25, 0.3) is 5.69 Å². The maximum Gasteiger partial charge on any atom is 0.394 e. The molecular weight excluding hydrogens is 284 g/mol. The van der Waals surface area contributed by atoms with Crippen LogP contribution < -0.4 is 5.73 Å². The number of carboxylic acid groups (broad SMARTS) is 1. The van der Waals surface area contributed by atoms with Gasteiger partial charge in [0.15, 0.2) is 0 Å². The predicted molar refractivity (Wildman–Crippen MR) is 62.1 cm³/mol. The number of hydrogen-bond donors (Lipinski definition) is 4. The zero-order valence-electron chi connectivity index (χ0n) is 9.25. The smallest absolute Gasteiger partial charge is 0.394 e. The molecule has 10 nitrogen and oxygen atoms in total. The van der Waals surface area contributed by atoms with Crippen LogP contribution in [0.25, 0.3) is 0 Å². The van der Waals surface area contributed by atoms with E-state index in [2.05, 4.69) is 0 Å². The zero-order valence-corrected chi connectivity index (χ0v) is 10.1. The Labute approximate surface area is 107 Å². The predicted octanol–water partition coefficient (Wildman–Crippen LogP) is 0.0989. The summed E-state index contributed by atoms with van der Waals surface area (Å²) in [5.41, 5.74) is 5.21. The molecule has 0 heterocycles. The first-order chi connectivity index (χ1) is 8.56. The minimum Gasteiger partial charge on any atom is -0.478 e. The molecule has 1 aromatic carbocycles. The lowest BCUT2D eigenvalue weighted by atomic mass is 10.1. The minimum atomic E-state index is -4.67. The summed E-state index contributed by atoms with van der Waals surface area (Å²) in [4.78, 5) is 20.4. The molecular formula is C8H10N2O8S. The number of nitrogens with two attached hydrogens (primary N) is 1. The molecule has 11 heteroatoms. The second kappa shape index (κ2) is 6.75. The average molecular weight is 294 g/mol. The molecule has 5 N–H and O–H groups in total. The van der Waals surface area contributed by atoms with E-state index in [4.69, 9.17) is 28.4 Å². The highest BCUT2D eigenvalue weighted by molar-refractivity contribution is 7.79. The molecule has 19 heavy (non-hydrogen) atoms. The maximum atomic E-state index is 10.5. The number of carbonyl (C=O) groups is 1. The Morgan fingerprint density at radius 1 is 1.37 bits per heavy atom. The van der Waals surface area contributed by atoms with E-state index in [1.165, 1.54) is 12.1 Å². The van der Waals surface area contributed by atoms with Crippen LogP contribution in [0.15, 0.2) is 18.2 Å². The van der Waals surface area contributed by atoms with Crippen molar-refractivity contribution >= 4 is 22.1 Å². The fourth-order valence-corrected chi connectivity index (χ4v) is 1.04. The summed E-state index contributed by atoms with van der Waals surface area (Å²) in [6.07, 6.45) is 0. The van der Waals surface area contributed by atoms with Crippen LogP contribution in [0.4, 0.5) is 5.69 Å². The van der Waals surface area contributed by atoms with Gasteiger partial charge in [0.1, 0.15) is 0 Å². The lowest BCUT2D eigenvalue weighted by Crippen LogP contribution is -2.04. The van der Waals surface area contributed by atoms with Crippen molar-refractivity contribution in [1.29, 1.82) is 0 Å². The van der Waals surface area contributed by atoms with Crippen molar-refractivity contribution < 1.29 is 32.3 Å². The molecule has 0 aromatic heterocycles. The summed E-state index contributed by atoms with van der Waals surface area (Å²) in [7, 11) is -4.67. The lowest BCUT2D eigenvalue weighted by molar-refractivity contribution is -0.385. The van der Waals surface area contributed by atoms with E-state index in [1.54, 1.807) is 0 Å². The molecule has 0 fully saturated rings. The van der Waals surface area contributed by atoms with Gasteiger partial charge in [-0.25, -0.2) is 4.79 Å². The van der Waals surface area contributed by atoms with Gasteiger partial charge < -0.3 is 10.8 Å². The SMILES string of the molecule is NCc1ccc(C(=O)O)cc1[N+](=O)[O-].O=S(=O)(O)O. The van der Waals surface area contributed by atoms with Crippen molar-refractivity contribution in [2.45, 2.75) is 6.54 Å². The van der Waals surface area contributed by atoms with Crippen LogP contribution in [0.5, 0.6) is 0 Å². The quantitative estimate of drug-likeness (QED) is 0.341. The van der Waals surface area contributed by atoms with Gasteiger partial charge in [-0.3, -0.25) is 19.2 Å². The fourth-order valence-electron chi connectivity index (χ4n) is 1.04. The van der Waals surface area contributed by atoms with Crippen LogP contribution in [0.2, 0.25) is 0 Å².